The summed E-state index contributed by atoms with van der Waals surface area (Å²) in [5, 5.41) is 13.6. The van der Waals surface area contributed by atoms with E-state index < -0.39 is 17.8 Å². The summed E-state index contributed by atoms with van der Waals surface area (Å²) in [6, 6.07) is 3.58. The standard InChI is InChI=1S/C12H15F3N4O2/c1-19(7-6-10(16)18-21)11(20)17-9-4-2-8(3-5-9)12(13,14)15/h2-5,21H,6-7H2,1H3,(H2,16,18)(H,17,20). The number of hydrogen-bond acceptors (Lipinski definition) is 3. The van der Waals surface area contributed by atoms with Gasteiger partial charge < -0.3 is 21.2 Å². The van der Waals surface area contributed by atoms with Crippen LogP contribution in [0, 0.1) is 0 Å². The molecule has 0 radical (unpaired) electrons. The number of anilines is 1. The lowest BCUT2D eigenvalue weighted by molar-refractivity contribution is -0.137. The zero-order valence-corrected chi connectivity index (χ0v) is 11.2. The number of carbonyl (C=O) groups is 1. The first-order valence-corrected chi connectivity index (χ1v) is 5.90. The van der Waals surface area contributed by atoms with Gasteiger partial charge in [0.1, 0.15) is 5.84 Å². The van der Waals surface area contributed by atoms with Crippen molar-refractivity contribution in [2.24, 2.45) is 10.9 Å². The lowest BCUT2D eigenvalue weighted by atomic mass is 10.2. The maximum Gasteiger partial charge on any atom is 0.416 e. The number of benzene rings is 1. The summed E-state index contributed by atoms with van der Waals surface area (Å²) in [5.41, 5.74) is 4.71. The summed E-state index contributed by atoms with van der Waals surface area (Å²) in [6.45, 7) is 0.197. The molecule has 0 unspecified atom stereocenters. The number of hydrogen-bond donors (Lipinski definition) is 3. The number of oxime groups is 1. The van der Waals surface area contributed by atoms with Gasteiger partial charge in [0.15, 0.2) is 0 Å². The Balaban J connectivity index is 2.58. The van der Waals surface area contributed by atoms with Crippen LogP contribution in [0.1, 0.15) is 12.0 Å². The van der Waals surface area contributed by atoms with E-state index in [1.165, 1.54) is 11.9 Å². The molecule has 1 aromatic rings. The molecule has 0 atom stereocenters. The molecule has 0 saturated heterocycles. The van der Waals surface area contributed by atoms with E-state index in [1.54, 1.807) is 0 Å². The Morgan fingerprint density at radius 3 is 2.43 bits per heavy atom. The molecule has 1 rings (SSSR count). The summed E-state index contributed by atoms with van der Waals surface area (Å²) in [5.74, 6) is -0.0239. The number of alkyl halides is 3. The molecule has 0 saturated carbocycles. The van der Waals surface area contributed by atoms with Gasteiger partial charge in [-0.05, 0) is 24.3 Å². The van der Waals surface area contributed by atoms with Gasteiger partial charge in [-0.2, -0.15) is 13.2 Å². The maximum absolute atomic E-state index is 12.4. The fourth-order valence-corrected chi connectivity index (χ4v) is 1.40. The summed E-state index contributed by atoms with van der Waals surface area (Å²) in [4.78, 5) is 13.0. The average molecular weight is 304 g/mol. The van der Waals surface area contributed by atoms with Crippen LogP contribution in [-0.2, 0) is 6.18 Å². The quantitative estimate of drug-likeness (QED) is 0.345. The first kappa shape index (κ1) is 16.6. The van der Waals surface area contributed by atoms with Crippen molar-refractivity contribution < 1.29 is 23.2 Å². The lowest BCUT2D eigenvalue weighted by Crippen LogP contribution is -2.34. The van der Waals surface area contributed by atoms with E-state index in [-0.39, 0.29) is 24.5 Å². The molecule has 116 valence electrons. The number of rotatable bonds is 4. The van der Waals surface area contributed by atoms with Crippen molar-refractivity contribution in [2.45, 2.75) is 12.6 Å². The molecule has 0 aliphatic rings. The zero-order chi connectivity index (χ0) is 16.0. The molecule has 6 nitrogen and oxygen atoms in total. The van der Waals surface area contributed by atoms with E-state index in [2.05, 4.69) is 10.5 Å². The van der Waals surface area contributed by atoms with E-state index >= 15 is 0 Å². The smallest absolute Gasteiger partial charge is 0.409 e. The minimum absolute atomic E-state index is 0.0239. The highest BCUT2D eigenvalue weighted by molar-refractivity contribution is 5.89. The molecule has 9 heteroatoms. The van der Waals surface area contributed by atoms with Crippen LogP contribution in [0.15, 0.2) is 29.4 Å². The van der Waals surface area contributed by atoms with Crippen molar-refractivity contribution in [3.05, 3.63) is 29.8 Å². The molecular weight excluding hydrogens is 289 g/mol. The fourth-order valence-electron chi connectivity index (χ4n) is 1.40. The number of amidine groups is 1. The predicted octanol–water partition coefficient (Wildman–Crippen LogP) is 2.31. The van der Waals surface area contributed by atoms with Gasteiger partial charge >= 0.3 is 12.2 Å². The number of nitrogens with one attached hydrogen (secondary N) is 1. The second-order valence-electron chi connectivity index (χ2n) is 4.27. The molecule has 0 aromatic heterocycles. The Labute approximate surface area is 119 Å². The Kier molecular flexibility index (Phi) is 5.39. The Morgan fingerprint density at radius 2 is 1.95 bits per heavy atom. The van der Waals surface area contributed by atoms with Crippen LogP contribution in [0.3, 0.4) is 0 Å². The maximum atomic E-state index is 12.4. The van der Waals surface area contributed by atoms with Crippen LogP contribution in [0.4, 0.5) is 23.7 Å². The minimum Gasteiger partial charge on any atom is -0.409 e. The molecule has 0 aliphatic heterocycles. The van der Waals surface area contributed by atoms with Crippen LogP contribution >= 0.6 is 0 Å². The number of nitrogens with zero attached hydrogens (tertiary/aromatic N) is 2. The molecular formula is C12H15F3N4O2. The molecule has 21 heavy (non-hydrogen) atoms. The molecule has 1 aromatic carbocycles. The first-order chi connectivity index (χ1) is 9.74. The first-order valence-electron chi connectivity index (χ1n) is 5.90. The number of carbonyl (C=O) groups excluding carboxylic acids is 1. The van der Waals surface area contributed by atoms with E-state index in [9.17, 15) is 18.0 Å². The largest absolute Gasteiger partial charge is 0.416 e. The predicted molar refractivity (Wildman–Crippen MR) is 71.1 cm³/mol. The van der Waals surface area contributed by atoms with Gasteiger partial charge in [0.05, 0.1) is 5.56 Å². The average Bonchev–Trinajstić information content (AvgIpc) is 2.43. The van der Waals surface area contributed by atoms with Crippen LogP contribution in [0.5, 0.6) is 0 Å². The Hall–Kier alpha value is -2.45. The summed E-state index contributed by atoms with van der Waals surface area (Å²) < 4.78 is 37.1. The normalized spacial score (nSPS) is 12.1. The topological polar surface area (TPSA) is 90.9 Å². The van der Waals surface area contributed by atoms with Crippen LogP contribution in [-0.4, -0.2) is 35.6 Å². The number of nitrogens with two attached hydrogens (primary N) is 1. The highest BCUT2D eigenvalue weighted by Gasteiger charge is 2.30. The highest BCUT2D eigenvalue weighted by Crippen LogP contribution is 2.29. The second-order valence-corrected chi connectivity index (χ2v) is 4.27. The molecule has 0 heterocycles. The van der Waals surface area contributed by atoms with Gasteiger partial charge in [0.2, 0.25) is 0 Å². The van der Waals surface area contributed by atoms with Crippen molar-refractivity contribution in [3.8, 4) is 0 Å². The van der Waals surface area contributed by atoms with E-state index in [1.807, 2.05) is 0 Å². The molecule has 0 spiro atoms. The van der Waals surface area contributed by atoms with E-state index in [4.69, 9.17) is 10.9 Å². The third kappa shape index (κ3) is 5.21. The monoisotopic (exact) mass is 304 g/mol. The van der Waals surface area contributed by atoms with E-state index in [0.717, 1.165) is 24.3 Å². The van der Waals surface area contributed by atoms with Crippen molar-refractivity contribution >= 4 is 17.6 Å². The lowest BCUT2D eigenvalue weighted by Gasteiger charge is -2.17. The molecule has 2 amide bonds. The third-order valence-corrected chi connectivity index (χ3v) is 2.64. The fraction of sp³-hybridized carbons (Fsp3) is 0.333. The summed E-state index contributed by atoms with van der Waals surface area (Å²) in [6.07, 6.45) is -4.24. The Bertz CT molecular complexity index is 514. The molecule has 4 N–H and O–H groups in total. The molecule has 0 aliphatic carbocycles. The van der Waals surface area contributed by atoms with Crippen LogP contribution in [0.2, 0.25) is 0 Å². The Morgan fingerprint density at radius 1 is 1.38 bits per heavy atom. The number of halogens is 3. The van der Waals surface area contributed by atoms with Gasteiger partial charge in [-0.15, -0.1) is 0 Å². The SMILES string of the molecule is CN(CC/C(N)=N/O)C(=O)Nc1ccc(C(F)(F)F)cc1. The van der Waals surface area contributed by atoms with Gasteiger partial charge in [-0.3, -0.25) is 0 Å². The number of amides is 2. The molecule has 0 fully saturated rings. The van der Waals surface area contributed by atoms with Gasteiger partial charge in [0, 0.05) is 25.7 Å². The minimum atomic E-state index is -4.42. The van der Waals surface area contributed by atoms with Gasteiger partial charge in [0.25, 0.3) is 0 Å². The highest BCUT2D eigenvalue weighted by atomic mass is 19.4. The van der Waals surface area contributed by atoms with Crippen molar-refractivity contribution in [2.75, 3.05) is 18.9 Å². The van der Waals surface area contributed by atoms with Gasteiger partial charge in [-0.25, -0.2) is 4.79 Å². The second kappa shape index (κ2) is 6.82. The summed E-state index contributed by atoms with van der Waals surface area (Å²) in [7, 11) is 1.48. The van der Waals surface area contributed by atoms with Crippen molar-refractivity contribution in [1.29, 1.82) is 0 Å². The summed E-state index contributed by atoms with van der Waals surface area (Å²) >= 11 is 0. The van der Waals surface area contributed by atoms with Gasteiger partial charge in [-0.1, -0.05) is 5.16 Å². The zero-order valence-electron chi connectivity index (χ0n) is 11.2. The van der Waals surface area contributed by atoms with Crippen LogP contribution < -0.4 is 11.1 Å². The van der Waals surface area contributed by atoms with Crippen molar-refractivity contribution in [1.82, 2.24) is 4.90 Å². The number of urea groups is 1. The third-order valence-electron chi connectivity index (χ3n) is 2.64. The molecule has 0 bridgehead atoms. The van der Waals surface area contributed by atoms with Crippen LogP contribution in [0.25, 0.3) is 0 Å². The van der Waals surface area contributed by atoms with Crippen molar-refractivity contribution in [3.63, 3.8) is 0 Å². The van der Waals surface area contributed by atoms with E-state index in [0.29, 0.717) is 0 Å².